The van der Waals surface area contributed by atoms with Gasteiger partial charge >= 0.3 is 35.7 Å². The van der Waals surface area contributed by atoms with Crippen LogP contribution in [0, 0.1) is 5.92 Å². The Morgan fingerprint density at radius 2 is 1.89 bits per heavy atom. The molecule has 0 unspecified atom stereocenters. The van der Waals surface area contributed by atoms with E-state index in [4.69, 9.17) is 0 Å². The quantitative estimate of drug-likeness (QED) is 0.683. The molecule has 1 heterocycles. The first-order valence-corrected chi connectivity index (χ1v) is 9.57. The number of carbonyl (C=O) groups excluding carboxylic acids is 1. The van der Waals surface area contributed by atoms with Crippen LogP contribution in [0.25, 0.3) is 4.72 Å². The zero-order valence-corrected chi connectivity index (χ0v) is 18.0. The van der Waals surface area contributed by atoms with Crippen molar-refractivity contribution in [1.29, 1.82) is 0 Å². The fourth-order valence-corrected chi connectivity index (χ4v) is 3.11. The molecule has 1 aliphatic carbocycles. The Labute approximate surface area is 178 Å². The smallest absolute Gasteiger partial charge is 0.440 e. The Bertz CT molecular complexity index is 738. The molecule has 1 fully saturated rings. The summed E-state index contributed by atoms with van der Waals surface area (Å²) in [6, 6.07) is 0.664. The van der Waals surface area contributed by atoms with Gasteiger partial charge in [0, 0.05) is 17.4 Å². The van der Waals surface area contributed by atoms with E-state index in [9.17, 15) is 26.4 Å². The molecule has 0 spiro atoms. The summed E-state index contributed by atoms with van der Waals surface area (Å²) >= 11 is 0. The molecular weight excluding hydrogens is 398 g/mol. The van der Waals surface area contributed by atoms with Crippen LogP contribution in [0.4, 0.5) is 24.7 Å². The van der Waals surface area contributed by atoms with E-state index in [1.165, 1.54) is 6.92 Å². The average molecular weight is 419 g/mol. The van der Waals surface area contributed by atoms with Gasteiger partial charge < -0.3 is 20.5 Å². The summed E-state index contributed by atoms with van der Waals surface area (Å²) in [7, 11) is -3.87. The van der Waals surface area contributed by atoms with Crippen LogP contribution in [0.3, 0.4) is 0 Å². The molecular formula is C15H21F3N3NaO4S. The van der Waals surface area contributed by atoms with Crippen molar-refractivity contribution in [2.45, 2.75) is 45.2 Å². The van der Waals surface area contributed by atoms with Gasteiger partial charge in [-0.2, -0.15) is 13.2 Å². The Kier molecular flexibility index (Phi) is 10.3. The molecule has 3 N–H and O–H groups in total. The van der Waals surface area contributed by atoms with Crippen molar-refractivity contribution < 1.29 is 61.4 Å². The SMILES string of the molecule is CCS(=O)(=O)[N-]c1ncc(C(F)(F)F)cc1NC(=O)C1CCCCC1.O.[Na+]. The van der Waals surface area contributed by atoms with Gasteiger partial charge in [-0.15, -0.1) is 0 Å². The number of nitrogens with one attached hydrogen (secondary N) is 1. The summed E-state index contributed by atoms with van der Waals surface area (Å²) in [5.74, 6) is -1.52. The number of amides is 1. The van der Waals surface area contributed by atoms with E-state index in [0.717, 1.165) is 19.3 Å². The first kappa shape index (κ1) is 26.1. The van der Waals surface area contributed by atoms with Crippen molar-refractivity contribution >= 4 is 27.4 Å². The first-order chi connectivity index (χ1) is 11.6. The second-order valence-corrected chi connectivity index (χ2v) is 7.80. The molecule has 12 heteroatoms. The van der Waals surface area contributed by atoms with Crippen LogP contribution in [-0.2, 0) is 21.0 Å². The number of nitrogens with zero attached hydrogens (tertiary/aromatic N) is 2. The topological polar surface area (TPSA) is 122 Å². The van der Waals surface area contributed by atoms with Crippen molar-refractivity contribution in [1.82, 2.24) is 4.98 Å². The molecule has 0 aromatic carbocycles. The predicted octanol–water partition coefficient (Wildman–Crippen LogP) is 0.153. The molecule has 7 nitrogen and oxygen atoms in total. The zero-order chi connectivity index (χ0) is 18.7. The monoisotopic (exact) mass is 419 g/mol. The van der Waals surface area contributed by atoms with Gasteiger partial charge in [0.1, 0.15) is 0 Å². The molecule has 1 amide bonds. The Hall–Kier alpha value is -0.880. The van der Waals surface area contributed by atoms with E-state index >= 15 is 0 Å². The largest absolute Gasteiger partial charge is 1.00 e. The second kappa shape index (κ2) is 10.6. The number of rotatable bonds is 5. The summed E-state index contributed by atoms with van der Waals surface area (Å²) in [6.45, 7) is 1.35. The van der Waals surface area contributed by atoms with Crippen molar-refractivity contribution in [2.75, 3.05) is 11.1 Å². The number of hydrogen-bond acceptors (Lipinski definition) is 4. The van der Waals surface area contributed by atoms with Crippen LogP contribution in [0.15, 0.2) is 12.3 Å². The van der Waals surface area contributed by atoms with Crippen molar-refractivity contribution in [3.63, 3.8) is 0 Å². The molecule has 27 heavy (non-hydrogen) atoms. The first-order valence-electron chi connectivity index (χ1n) is 7.96. The van der Waals surface area contributed by atoms with Gasteiger partial charge in [-0.25, -0.2) is 8.42 Å². The molecule has 0 atom stereocenters. The maximum atomic E-state index is 12.9. The van der Waals surface area contributed by atoms with Gasteiger partial charge in [-0.1, -0.05) is 32.4 Å². The van der Waals surface area contributed by atoms with E-state index in [2.05, 4.69) is 15.0 Å². The van der Waals surface area contributed by atoms with Crippen LogP contribution in [0.5, 0.6) is 0 Å². The molecule has 2 rings (SSSR count). The Morgan fingerprint density at radius 3 is 2.41 bits per heavy atom. The minimum atomic E-state index is -4.67. The fourth-order valence-electron chi connectivity index (χ4n) is 2.57. The number of hydrogen-bond donors (Lipinski definition) is 1. The summed E-state index contributed by atoms with van der Waals surface area (Å²) in [5.41, 5.74) is -1.43. The average Bonchev–Trinajstić information content (AvgIpc) is 2.56. The summed E-state index contributed by atoms with van der Waals surface area (Å²) in [6.07, 6.45) is -0.0966. The molecule has 0 radical (unpaired) electrons. The number of aromatic nitrogens is 1. The van der Waals surface area contributed by atoms with Gasteiger partial charge in [-0.05, 0) is 24.7 Å². The Balaban J connectivity index is 0.00000338. The number of carbonyl (C=O) groups is 1. The van der Waals surface area contributed by atoms with Crippen LogP contribution in [-0.4, -0.2) is 30.5 Å². The maximum Gasteiger partial charge on any atom is 1.00 e. The van der Waals surface area contributed by atoms with E-state index in [1.807, 2.05) is 0 Å². The number of sulfonamides is 1. The van der Waals surface area contributed by atoms with Crippen LogP contribution < -0.4 is 34.9 Å². The van der Waals surface area contributed by atoms with Crippen molar-refractivity contribution in [2.24, 2.45) is 5.92 Å². The van der Waals surface area contributed by atoms with E-state index in [0.29, 0.717) is 25.1 Å². The molecule has 0 aliphatic heterocycles. The van der Waals surface area contributed by atoms with Crippen molar-refractivity contribution in [3.05, 3.63) is 22.5 Å². The summed E-state index contributed by atoms with van der Waals surface area (Å²) in [4.78, 5) is 15.8. The Morgan fingerprint density at radius 1 is 1.30 bits per heavy atom. The van der Waals surface area contributed by atoms with Gasteiger partial charge in [-0.3, -0.25) is 4.79 Å². The predicted molar refractivity (Wildman–Crippen MR) is 90.5 cm³/mol. The van der Waals surface area contributed by atoms with Gasteiger partial charge in [0.05, 0.1) is 5.56 Å². The molecule has 0 bridgehead atoms. The number of alkyl halides is 3. The van der Waals surface area contributed by atoms with E-state index in [-0.39, 0.29) is 52.4 Å². The third-order valence-electron chi connectivity index (χ3n) is 4.02. The minimum absolute atomic E-state index is 0. The summed E-state index contributed by atoms with van der Waals surface area (Å²) < 4.78 is 65.4. The molecule has 1 aromatic rings. The third kappa shape index (κ3) is 7.57. The molecule has 148 valence electrons. The standard InChI is InChI=1S/C15H20F3N3O3S.Na.H2O/c1-2-25(23,24)21-13-12(8-11(9-19-13)15(16,17)18)20-14(22)10-6-4-3-5-7-10;;/h8-10H,2-7H2,1H3,(H2,19,20,21,22);;1H2/q;+1;/p-1. The van der Waals surface area contributed by atoms with Gasteiger partial charge in [0.15, 0.2) is 10.0 Å². The number of halogens is 3. The number of pyridine rings is 1. The fraction of sp³-hybridized carbons (Fsp3) is 0.600. The van der Waals surface area contributed by atoms with Crippen LogP contribution in [0.2, 0.25) is 0 Å². The zero-order valence-electron chi connectivity index (χ0n) is 15.1. The normalized spacial score (nSPS) is 15.3. The number of anilines is 1. The van der Waals surface area contributed by atoms with Gasteiger partial charge in [0.25, 0.3) is 0 Å². The minimum Gasteiger partial charge on any atom is -0.440 e. The van der Waals surface area contributed by atoms with Gasteiger partial charge in [0.2, 0.25) is 5.91 Å². The maximum absolute atomic E-state index is 12.9. The molecule has 0 saturated heterocycles. The van der Waals surface area contributed by atoms with Crippen LogP contribution in [0.1, 0.15) is 44.6 Å². The molecule has 1 aromatic heterocycles. The molecule has 1 saturated carbocycles. The van der Waals surface area contributed by atoms with E-state index in [1.54, 1.807) is 0 Å². The summed E-state index contributed by atoms with van der Waals surface area (Å²) in [5, 5.41) is 2.38. The third-order valence-corrected chi connectivity index (χ3v) is 5.20. The molecule has 1 aliphatic rings. The van der Waals surface area contributed by atoms with E-state index < -0.39 is 33.5 Å². The second-order valence-electron chi connectivity index (χ2n) is 5.88. The van der Waals surface area contributed by atoms with Crippen molar-refractivity contribution in [3.8, 4) is 0 Å². The van der Waals surface area contributed by atoms with Crippen LogP contribution >= 0.6 is 0 Å².